The zero-order valence-corrected chi connectivity index (χ0v) is 15.6. The Labute approximate surface area is 154 Å². The van der Waals surface area contributed by atoms with Gasteiger partial charge in [0.1, 0.15) is 5.82 Å². The van der Waals surface area contributed by atoms with Gasteiger partial charge in [0.05, 0.1) is 0 Å². The maximum atomic E-state index is 13.0. The summed E-state index contributed by atoms with van der Waals surface area (Å²) in [7, 11) is 0. The topological polar surface area (TPSA) is 50.4 Å². The molecule has 23 heavy (non-hydrogen) atoms. The molecule has 0 aliphatic heterocycles. The second-order valence-electron chi connectivity index (χ2n) is 5.18. The summed E-state index contributed by atoms with van der Waals surface area (Å²) in [6, 6.07) is 14.8. The molecule has 0 spiro atoms. The van der Waals surface area contributed by atoms with Crippen LogP contribution in [-0.2, 0) is 12.8 Å². The van der Waals surface area contributed by atoms with Crippen LogP contribution < -0.4 is 11.1 Å². The number of aliphatic imine (C=N–C) groups is 1. The van der Waals surface area contributed by atoms with Crippen molar-refractivity contribution in [1.82, 2.24) is 0 Å². The van der Waals surface area contributed by atoms with Crippen LogP contribution in [0.2, 0.25) is 0 Å². The number of nitrogens with two attached hydrogens (primary N) is 1. The molecule has 3 nitrogen and oxygen atoms in total. The molecule has 0 fully saturated rings. The van der Waals surface area contributed by atoms with Crippen LogP contribution >= 0.6 is 24.0 Å². The normalized spacial score (nSPS) is 11.0. The third-order valence-electron chi connectivity index (χ3n) is 3.43. The summed E-state index contributed by atoms with van der Waals surface area (Å²) in [5.41, 5.74) is 9.06. The third kappa shape index (κ3) is 6.99. The van der Waals surface area contributed by atoms with Crippen molar-refractivity contribution in [2.75, 3.05) is 11.9 Å². The third-order valence-corrected chi connectivity index (χ3v) is 3.43. The van der Waals surface area contributed by atoms with Crippen LogP contribution in [0, 0.1) is 5.82 Å². The van der Waals surface area contributed by atoms with Crippen molar-refractivity contribution < 1.29 is 4.39 Å². The van der Waals surface area contributed by atoms with Crippen molar-refractivity contribution in [3.8, 4) is 0 Å². The molecule has 0 amide bonds. The van der Waals surface area contributed by atoms with E-state index in [4.69, 9.17) is 5.73 Å². The number of rotatable bonds is 6. The number of nitrogens with zero attached hydrogens (tertiary/aromatic N) is 1. The second kappa shape index (κ2) is 10.2. The first-order valence-electron chi connectivity index (χ1n) is 7.57. The Hall–Kier alpha value is -1.63. The molecule has 0 saturated carbocycles. The molecule has 124 valence electrons. The lowest BCUT2D eigenvalue weighted by atomic mass is 10.1. The summed E-state index contributed by atoms with van der Waals surface area (Å²) in [4.78, 5) is 4.29. The van der Waals surface area contributed by atoms with E-state index in [-0.39, 0.29) is 29.8 Å². The number of aryl methyl sites for hydroxylation is 2. The summed E-state index contributed by atoms with van der Waals surface area (Å²) in [6.07, 6.45) is 2.64. The average Bonchev–Trinajstić information content (AvgIpc) is 2.52. The molecule has 2 rings (SSSR count). The van der Waals surface area contributed by atoms with E-state index in [9.17, 15) is 4.39 Å². The highest BCUT2D eigenvalue weighted by molar-refractivity contribution is 14.0. The smallest absolute Gasteiger partial charge is 0.193 e. The quantitative estimate of drug-likeness (QED) is 0.312. The Morgan fingerprint density at radius 3 is 2.52 bits per heavy atom. The first-order valence-corrected chi connectivity index (χ1v) is 7.57. The second-order valence-corrected chi connectivity index (χ2v) is 5.18. The number of hydrogen-bond donors (Lipinski definition) is 2. The fraction of sp³-hybridized carbons (Fsp3) is 0.278. The van der Waals surface area contributed by atoms with Gasteiger partial charge in [-0.2, -0.15) is 0 Å². The number of benzene rings is 2. The predicted molar refractivity (Wildman–Crippen MR) is 106 cm³/mol. The van der Waals surface area contributed by atoms with Crippen LogP contribution in [-0.4, -0.2) is 12.5 Å². The van der Waals surface area contributed by atoms with Crippen molar-refractivity contribution in [1.29, 1.82) is 0 Å². The molecule has 0 radical (unpaired) electrons. The predicted octanol–water partition coefficient (Wildman–Crippen LogP) is 4.37. The van der Waals surface area contributed by atoms with E-state index >= 15 is 0 Å². The number of halogens is 2. The molecule has 0 saturated heterocycles. The molecule has 0 bridgehead atoms. The zero-order chi connectivity index (χ0) is 15.8. The van der Waals surface area contributed by atoms with E-state index in [1.54, 1.807) is 12.1 Å². The van der Waals surface area contributed by atoms with Gasteiger partial charge in [-0.1, -0.05) is 31.2 Å². The molecule has 2 aromatic carbocycles. The Bertz CT molecular complexity index is 626. The standard InChI is InChI=1S/C18H22FN3.HI/c1-2-14-8-10-17(11-9-14)22-18(20)21-12-4-6-15-5-3-7-16(19)13-15;/h3,5,7-11,13H,2,4,6,12H2,1H3,(H3,20,21,22);1H. The maximum Gasteiger partial charge on any atom is 0.193 e. The van der Waals surface area contributed by atoms with Gasteiger partial charge in [0.2, 0.25) is 0 Å². The van der Waals surface area contributed by atoms with Crippen molar-refractivity contribution in [3.63, 3.8) is 0 Å². The average molecular weight is 427 g/mol. The molecular formula is C18H23FIN3. The molecule has 2 aromatic rings. The number of anilines is 1. The van der Waals surface area contributed by atoms with Crippen LogP contribution in [0.5, 0.6) is 0 Å². The van der Waals surface area contributed by atoms with Crippen LogP contribution in [0.4, 0.5) is 10.1 Å². The molecule has 0 atom stereocenters. The lowest BCUT2D eigenvalue weighted by molar-refractivity contribution is 0.624. The van der Waals surface area contributed by atoms with E-state index in [1.165, 1.54) is 11.6 Å². The Morgan fingerprint density at radius 1 is 1.13 bits per heavy atom. The van der Waals surface area contributed by atoms with Crippen molar-refractivity contribution in [2.45, 2.75) is 26.2 Å². The molecule has 0 aliphatic rings. The van der Waals surface area contributed by atoms with Gasteiger partial charge in [-0.3, -0.25) is 4.99 Å². The van der Waals surface area contributed by atoms with Crippen molar-refractivity contribution in [2.24, 2.45) is 10.7 Å². The van der Waals surface area contributed by atoms with Gasteiger partial charge in [-0.05, 0) is 54.7 Å². The zero-order valence-electron chi connectivity index (χ0n) is 13.3. The van der Waals surface area contributed by atoms with Crippen LogP contribution in [0.1, 0.15) is 24.5 Å². The number of guanidine groups is 1. The van der Waals surface area contributed by atoms with E-state index in [2.05, 4.69) is 29.4 Å². The molecule has 5 heteroatoms. The van der Waals surface area contributed by atoms with E-state index < -0.39 is 0 Å². The Balaban J connectivity index is 0.00000264. The summed E-state index contributed by atoms with van der Waals surface area (Å²) in [5, 5.41) is 3.07. The monoisotopic (exact) mass is 427 g/mol. The van der Waals surface area contributed by atoms with Gasteiger partial charge in [-0.25, -0.2) is 4.39 Å². The highest BCUT2D eigenvalue weighted by atomic mass is 127. The maximum absolute atomic E-state index is 13.0. The van der Waals surface area contributed by atoms with Crippen LogP contribution in [0.25, 0.3) is 0 Å². The molecule has 0 unspecified atom stereocenters. The summed E-state index contributed by atoms with van der Waals surface area (Å²) in [5.74, 6) is 0.209. The largest absolute Gasteiger partial charge is 0.370 e. The minimum atomic E-state index is -0.197. The van der Waals surface area contributed by atoms with E-state index in [0.29, 0.717) is 12.5 Å². The van der Waals surface area contributed by atoms with Crippen molar-refractivity contribution >= 4 is 35.6 Å². The lowest BCUT2D eigenvalue weighted by Crippen LogP contribution is -2.22. The van der Waals surface area contributed by atoms with Crippen LogP contribution in [0.15, 0.2) is 53.5 Å². The summed E-state index contributed by atoms with van der Waals surface area (Å²) >= 11 is 0. The molecule has 0 aromatic heterocycles. The summed E-state index contributed by atoms with van der Waals surface area (Å²) in [6.45, 7) is 2.74. The van der Waals surface area contributed by atoms with Gasteiger partial charge in [0.25, 0.3) is 0 Å². The van der Waals surface area contributed by atoms with Gasteiger partial charge in [0, 0.05) is 12.2 Å². The minimum Gasteiger partial charge on any atom is -0.370 e. The van der Waals surface area contributed by atoms with Gasteiger partial charge in [0.15, 0.2) is 5.96 Å². The Kier molecular flexibility index (Phi) is 8.61. The lowest BCUT2D eigenvalue weighted by Gasteiger charge is -2.06. The van der Waals surface area contributed by atoms with Crippen LogP contribution in [0.3, 0.4) is 0 Å². The Morgan fingerprint density at radius 2 is 1.87 bits per heavy atom. The fourth-order valence-electron chi connectivity index (χ4n) is 2.19. The van der Waals surface area contributed by atoms with Gasteiger partial charge >= 0.3 is 0 Å². The highest BCUT2D eigenvalue weighted by Crippen LogP contribution is 2.09. The fourth-order valence-corrected chi connectivity index (χ4v) is 2.19. The molecular weight excluding hydrogens is 404 g/mol. The number of hydrogen-bond acceptors (Lipinski definition) is 1. The SMILES string of the molecule is CCc1ccc(NC(N)=NCCCc2cccc(F)c2)cc1.I. The van der Waals surface area contributed by atoms with E-state index in [1.807, 2.05) is 18.2 Å². The first kappa shape index (κ1) is 19.4. The van der Waals surface area contributed by atoms with E-state index in [0.717, 1.165) is 30.5 Å². The van der Waals surface area contributed by atoms with Crippen molar-refractivity contribution in [3.05, 3.63) is 65.5 Å². The highest BCUT2D eigenvalue weighted by Gasteiger charge is 1.97. The van der Waals surface area contributed by atoms with Gasteiger partial charge in [-0.15, -0.1) is 24.0 Å². The number of nitrogens with one attached hydrogen (secondary N) is 1. The first-order chi connectivity index (χ1) is 10.7. The molecule has 0 aliphatic carbocycles. The molecule has 3 N–H and O–H groups in total. The summed E-state index contributed by atoms with van der Waals surface area (Å²) < 4.78 is 13.0. The minimum absolute atomic E-state index is 0. The molecule has 0 heterocycles. The van der Waals surface area contributed by atoms with Gasteiger partial charge < -0.3 is 11.1 Å².